The first-order valence-corrected chi connectivity index (χ1v) is 7.50. The molecule has 0 aromatic carbocycles. The molecular formula is C16H24N2O2. The zero-order chi connectivity index (χ0) is 14.4. The molecule has 4 nitrogen and oxygen atoms in total. The second-order valence-electron chi connectivity index (χ2n) is 5.50. The van der Waals surface area contributed by atoms with Gasteiger partial charge in [-0.15, -0.1) is 0 Å². The fourth-order valence-corrected chi connectivity index (χ4v) is 2.71. The van der Waals surface area contributed by atoms with Crippen molar-refractivity contribution >= 4 is 5.97 Å². The Bertz CT molecular complexity index is 431. The zero-order valence-electron chi connectivity index (χ0n) is 12.4. The summed E-state index contributed by atoms with van der Waals surface area (Å²) in [6, 6.07) is 4.53. The normalized spacial score (nSPS) is 22.5. The summed E-state index contributed by atoms with van der Waals surface area (Å²) in [6.45, 7) is 5.14. The highest BCUT2D eigenvalue weighted by molar-refractivity contribution is 5.72. The highest BCUT2D eigenvalue weighted by atomic mass is 16.5. The predicted octanol–water partition coefficient (Wildman–Crippen LogP) is 2.60. The SMILES string of the molecule is CCOC(=O)C1CCCC(NCc2ccc(C)nc2)C1. The van der Waals surface area contributed by atoms with E-state index in [1.165, 1.54) is 5.56 Å². The summed E-state index contributed by atoms with van der Waals surface area (Å²) < 4.78 is 5.13. The standard InChI is InChI=1S/C16H24N2O2/c1-3-20-16(19)14-5-4-6-15(9-14)18-11-13-8-7-12(2)17-10-13/h7-8,10,14-15,18H,3-6,9,11H2,1-2H3. The average molecular weight is 276 g/mol. The lowest BCUT2D eigenvalue weighted by Gasteiger charge is -2.28. The number of hydrogen-bond acceptors (Lipinski definition) is 4. The number of aromatic nitrogens is 1. The first-order chi connectivity index (χ1) is 9.69. The van der Waals surface area contributed by atoms with Crippen LogP contribution < -0.4 is 5.32 Å². The molecule has 0 saturated heterocycles. The van der Waals surface area contributed by atoms with Crippen LogP contribution in [0.1, 0.15) is 43.9 Å². The molecule has 0 amide bonds. The van der Waals surface area contributed by atoms with Crippen LogP contribution in [0.2, 0.25) is 0 Å². The molecule has 4 heteroatoms. The van der Waals surface area contributed by atoms with Crippen molar-refractivity contribution in [3.63, 3.8) is 0 Å². The second-order valence-corrected chi connectivity index (χ2v) is 5.50. The first kappa shape index (κ1) is 15.0. The van der Waals surface area contributed by atoms with Gasteiger partial charge in [-0.2, -0.15) is 0 Å². The lowest BCUT2D eigenvalue weighted by molar-refractivity contribution is -0.149. The molecule has 1 fully saturated rings. The molecule has 2 unspecified atom stereocenters. The molecule has 20 heavy (non-hydrogen) atoms. The van der Waals surface area contributed by atoms with Gasteiger partial charge in [0.1, 0.15) is 0 Å². The number of rotatable bonds is 5. The van der Waals surface area contributed by atoms with E-state index in [1.807, 2.05) is 26.1 Å². The van der Waals surface area contributed by atoms with E-state index in [1.54, 1.807) is 0 Å². The third kappa shape index (κ3) is 4.30. The van der Waals surface area contributed by atoms with Crippen molar-refractivity contribution in [2.75, 3.05) is 6.61 Å². The van der Waals surface area contributed by atoms with Gasteiger partial charge in [0, 0.05) is 24.5 Å². The zero-order valence-corrected chi connectivity index (χ0v) is 12.4. The summed E-state index contributed by atoms with van der Waals surface area (Å²) in [4.78, 5) is 16.1. The highest BCUT2D eigenvalue weighted by Crippen LogP contribution is 2.25. The molecule has 110 valence electrons. The first-order valence-electron chi connectivity index (χ1n) is 7.50. The Morgan fingerprint density at radius 1 is 1.45 bits per heavy atom. The molecular weight excluding hydrogens is 252 g/mol. The van der Waals surface area contributed by atoms with Gasteiger partial charge >= 0.3 is 5.97 Å². The van der Waals surface area contributed by atoms with E-state index in [0.717, 1.165) is 37.9 Å². The lowest BCUT2D eigenvalue weighted by Crippen LogP contribution is -2.36. The van der Waals surface area contributed by atoms with Crippen molar-refractivity contribution in [1.29, 1.82) is 0 Å². The quantitative estimate of drug-likeness (QED) is 0.840. The number of esters is 1. The molecule has 2 atom stereocenters. The molecule has 1 aromatic heterocycles. The van der Waals surface area contributed by atoms with Gasteiger partial charge in [0.25, 0.3) is 0 Å². The summed E-state index contributed by atoms with van der Waals surface area (Å²) in [7, 11) is 0. The molecule has 1 aliphatic carbocycles. The van der Waals surface area contributed by atoms with Crippen molar-refractivity contribution in [3.8, 4) is 0 Å². The molecule has 0 bridgehead atoms. The van der Waals surface area contributed by atoms with Gasteiger partial charge in [0.2, 0.25) is 0 Å². The fourth-order valence-electron chi connectivity index (χ4n) is 2.71. The minimum atomic E-state index is -0.0315. The molecule has 2 rings (SSSR count). The van der Waals surface area contributed by atoms with Crippen molar-refractivity contribution in [3.05, 3.63) is 29.6 Å². The van der Waals surface area contributed by atoms with E-state index >= 15 is 0 Å². The van der Waals surface area contributed by atoms with Crippen molar-refractivity contribution in [2.45, 2.75) is 52.1 Å². The van der Waals surface area contributed by atoms with Gasteiger partial charge in [0.05, 0.1) is 12.5 Å². The average Bonchev–Trinajstić information content (AvgIpc) is 2.47. The maximum Gasteiger partial charge on any atom is 0.308 e. The summed E-state index contributed by atoms with van der Waals surface area (Å²) in [6.07, 6.45) is 5.98. The van der Waals surface area contributed by atoms with Gasteiger partial charge in [-0.3, -0.25) is 9.78 Å². The number of nitrogens with zero attached hydrogens (tertiary/aromatic N) is 1. The topological polar surface area (TPSA) is 51.2 Å². The number of hydrogen-bond donors (Lipinski definition) is 1. The van der Waals surface area contributed by atoms with Gasteiger partial charge in [-0.1, -0.05) is 12.5 Å². The van der Waals surface area contributed by atoms with Crippen LogP contribution in [0.25, 0.3) is 0 Å². The van der Waals surface area contributed by atoms with E-state index in [2.05, 4.69) is 16.4 Å². The van der Waals surface area contributed by atoms with Gasteiger partial charge in [-0.25, -0.2) is 0 Å². The Hall–Kier alpha value is -1.42. The third-order valence-electron chi connectivity index (χ3n) is 3.86. The van der Waals surface area contributed by atoms with Crippen LogP contribution in [-0.2, 0) is 16.1 Å². The number of carbonyl (C=O) groups excluding carboxylic acids is 1. The molecule has 0 aliphatic heterocycles. The van der Waals surface area contributed by atoms with E-state index < -0.39 is 0 Å². The largest absolute Gasteiger partial charge is 0.466 e. The number of nitrogens with one attached hydrogen (secondary N) is 1. The van der Waals surface area contributed by atoms with Crippen molar-refractivity contribution in [2.24, 2.45) is 5.92 Å². The Balaban J connectivity index is 1.80. The van der Waals surface area contributed by atoms with Crippen LogP contribution in [0.3, 0.4) is 0 Å². The van der Waals surface area contributed by atoms with Crippen LogP contribution in [0.4, 0.5) is 0 Å². The number of aryl methyl sites for hydroxylation is 1. The number of pyridine rings is 1. The molecule has 1 aromatic rings. The van der Waals surface area contributed by atoms with Gasteiger partial charge in [-0.05, 0) is 44.7 Å². The molecule has 0 spiro atoms. The second kappa shape index (κ2) is 7.39. The Morgan fingerprint density at radius 3 is 3.00 bits per heavy atom. The molecule has 0 radical (unpaired) electrons. The van der Waals surface area contributed by atoms with Crippen LogP contribution >= 0.6 is 0 Å². The van der Waals surface area contributed by atoms with Crippen molar-refractivity contribution < 1.29 is 9.53 Å². The van der Waals surface area contributed by atoms with Crippen LogP contribution in [0.15, 0.2) is 18.3 Å². The summed E-state index contributed by atoms with van der Waals surface area (Å²) in [5, 5.41) is 3.54. The summed E-state index contributed by atoms with van der Waals surface area (Å²) in [5.41, 5.74) is 2.22. The van der Waals surface area contributed by atoms with E-state index in [-0.39, 0.29) is 11.9 Å². The molecule has 1 saturated carbocycles. The van der Waals surface area contributed by atoms with Crippen molar-refractivity contribution in [1.82, 2.24) is 10.3 Å². The maximum atomic E-state index is 11.8. The molecule has 1 heterocycles. The molecule has 1 N–H and O–H groups in total. The smallest absolute Gasteiger partial charge is 0.308 e. The summed E-state index contributed by atoms with van der Waals surface area (Å²) in [5.74, 6) is 0.0355. The van der Waals surface area contributed by atoms with Crippen LogP contribution in [-0.4, -0.2) is 23.6 Å². The minimum Gasteiger partial charge on any atom is -0.466 e. The maximum absolute atomic E-state index is 11.8. The van der Waals surface area contributed by atoms with E-state index in [4.69, 9.17) is 4.74 Å². The third-order valence-corrected chi connectivity index (χ3v) is 3.86. The Kier molecular flexibility index (Phi) is 5.53. The minimum absolute atomic E-state index is 0.0315. The molecule has 1 aliphatic rings. The number of carbonyl (C=O) groups is 1. The van der Waals surface area contributed by atoms with Crippen LogP contribution in [0, 0.1) is 12.8 Å². The Morgan fingerprint density at radius 2 is 2.30 bits per heavy atom. The number of ether oxygens (including phenoxy) is 1. The van der Waals surface area contributed by atoms with Gasteiger partial charge in [0.15, 0.2) is 0 Å². The predicted molar refractivity (Wildman–Crippen MR) is 78.2 cm³/mol. The lowest BCUT2D eigenvalue weighted by atomic mass is 9.85. The highest BCUT2D eigenvalue weighted by Gasteiger charge is 2.27. The van der Waals surface area contributed by atoms with Crippen LogP contribution in [0.5, 0.6) is 0 Å². The monoisotopic (exact) mass is 276 g/mol. The summed E-state index contributed by atoms with van der Waals surface area (Å²) >= 11 is 0. The van der Waals surface area contributed by atoms with Gasteiger partial charge < -0.3 is 10.1 Å². The fraction of sp³-hybridized carbons (Fsp3) is 0.625. The Labute approximate surface area is 120 Å². The van der Waals surface area contributed by atoms with E-state index in [9.17, 15) is 4.79 Å². The van der Waals surface area contributed by atoms with E-state index in [0.29, 0.717) is 12.6 Å².